The number of anilines is 1. The molecular formula is C24H25ClF3N3O4. The summed E-state index contributed by atoms with van der Waals surface area (Å²) in [5, 5.41) is 2.85. The van der Waals surface area contributed by atoms with E-state index in [1.54, 1.807) is 6.07 Å². The third kappa shape index (κ3) is 6.88. The summed E-state index contributed by atoms with van der Waals surface area (Å²) in [5.74, 6) is -1.38. The number of piperidine rings is 1. The van der Waals surface area contributed by atoms with Gasteiger partial charge >= 0.3 is 6.36 Å². The highest BCUT2D eigenvalue weighted by Crippen LogP contribution is 2.38. The number of ether oxygens (including phenoxy) is 1. The van der Waals surface area contributed by atoms with Crippen LogP contribution >= 0.6 is 11.6 Å². The topological polar surface area (TPSA) is 79.0 Å². The van der Waals surface area contributed by atoms with Gasteiger partial charge in [-0.1, -0.05) is 35.9 Å². The highest BCUT2D eigenvalue weighted by molar-refractivity contribution is 6.33. The lowest BCUT2D eigenvalue weighted by Crippen LogP contribution is -2.52. The fourth-order valence-electron chi connectivity index (χ4n) is 3.85. The molecule has 35 heavy (non-hydrogen) atoms. The van der Waals surface area contributed by atoms with Gasteiger partial charge in [0.25, 0.3) is 0 Å². The number of hydrogen-bond donors (Lipinski definition) is 1. The minimum atomic E-state index is -4.86. The summed E-state index contributed by atoms with van der Waals surface area (Å²) in [6.07, 6.45) is -2.88. The summed E-state index contributed by atoms with van der Waals surface area (Å²) < 4.78 is 42.4. The number of halogens is 4. The van der Waals surface area contributed by atoms with Crippen LogP contribution in [0.15, 0.2) is 42.5 Å². The van der Waals surface area contributed by atoms with Crippen LogP contribution in [0.5, 0.6) is 5.75 Å². The molecule has 2 aromatic carbocycles. The zero-order valence-corrected chi connectivity index (χ0v) is 19.9. The van der Waals surface area contributed by atoms with Gasteiger partial charge in [-0.3, -0.25) is 14.4 Å². The van der Waals surface area contributed by atoms with Crippen LogP contribution in [0, 0.1) is 0 Å². The van der Waals surface area contributed by atoms with Crippen molar-refractivity contribution in [1.29, 1.82) is 0 Å². The number of benzene rings is 2. The number of nitrogens with one attached hydrogen (secondary N) is 1. The van der Waals surface area contributed by atoms with E-state index in [1.807, 2.05) is 0 Å². The number of para-hydroxylation sites is 1. The molecule has 188 valence electrons. The van der Waals surface area contributed by atoms with Gasteiger partial charge in [0.2, 0.25) is 17.7 Å². The van der Waals surface area contributed by atoms with Crippen LogP contribution in [0.4, 0.5) is 18.9 Å². The van der Waals surface area contributed by atoms with Crippen molar-refractivity contribution in [3.8, 4) is 16.9 Å². The first-order valence-corrected chi connectivity index (χ1v) is 11.3. The van der Waals surface area contributed by atoms with Gasteiger partial charge < -0.3 is 19.9 Å². The quantitative estimate of drug-likeness (QED) is 0.609. The van der Waals surface area contributed by atoms with E-state index in [9.17, 15) is 27.6 Å². The second-order valence-corrected chi connectivity index (χ2v) is 8.61. The van der Waals surface area contributed by atoms with Crippen molar-refractivity contribution >= 4 is 35.0 Å². The zero-order valence-electron chi connectivity index (χ0n) is 19.2. The summed E-state index contributed by atoms with van der Waals surface area (Å²) in [5.41, 5.74) is 0.773. The van der Waals surface area contributed by atoms with E-state index in [0.717, 1.165) is 12.8 Å². The Labute approximate surface area is 205 Å². The van der Waals surface area contributed by atoms with Gasteiger partial charge in [0, 0.05) is 37.3 Å². The predicted octanol–water partition coefficient (Wildman–Crippen LogP) is 4.70. The minimum absolute atomic E-state index is 0.112. The molecule has 1 aliphatic rings. The Morgan fingerprint density at radius 3 is 2.51 bits per heavy atom. The predicted molar refractivity (Wildman–Crippen MR) is 125 cm³/mol. The molecule has 0 spiro atoms. The Bertz CT molecular complexity index is 1110. The number of alkyl halides is 3. The van der Waals surface area contributed by atoms with Gasteiger partial charge in [0.05, 0.1) is 11.6 Å². The van der Waals surface area contributed by atoms with Gasteiger partial charge in [0.1, 0.15) is 11.8 Å². The number of hydrogen-bond acceptors (Lipinski definition) is 4. The van der Waals surface area contributed by atoms with Crippen molar-refractivity contribution in [1.82, 2.24) is 9.80 Å². The van der Waals surface area contributed by atoms with Crippen molar-refractivity contribution in [3.05, 3.63) is 47.5 Å². The minimum Gasteiger partial charge on any atom is -0.405 e. The number of rotatable bonds is 6. The third-order valence-electron chi connectivity index (χ3n) is 5.68. The van der Waals surface area contributed by atoms with Crippen LogP contribution in [0.3, 0.4) is 0 Å². The standard InChI is InChI=1S/C24H25ClF3N3O4/c1-15(32)30(2)14-22(33)31-12-6-5-8-20(31)23(34)29-16-10-11-17(19(25)13-16)18-7-3-4-9-21(18)35-24(26,27)28/h3-4,7,9-11,13,20H,5-6,8,12,14H2,1-2H3,(H,29,34). The summed E-state index contributed by atoms with van der Waals surface area (Å²) >= 11 is 6.35. The molecule has 7 nitrogen and oxygen atoms in total. The molecule has 1 fully saturated rings. The van der Waals surface area contributed by atoms with E-state index < -0.39 is 24.1 Å². The fourth-order valence-corrected chi connectivity index (χ4v) is 4.13. The largest absolute Gasteiger partial charge is 0.573 e. The highest BCUT2D eigenvalue weighted by atomic mass is 35.5. The maximum atomic E-state index is 13.0. The van der Waals surface area contributed by atoms with Crippen LogP contribution in [-0.4, -0.2) is 60.1 Å². The first-order chi connectivity index (χ1) is 16.5. The number of amides is 3. The van der Waals surface area contributed by atoms with E-state index >= 15 is 0 Å². The van der Waals surface area contributed by atoms with E-state index in [1.165, 1.54) is 60.2 Å². The van der Waals surface area contributed by atoms with Crippen molar-refractivity contribution in [3.63, 3.8) is 0 Å². The van der Waals surface area contributed by atoms with Gasteiger partial charge in [-0.2, -0.15) is 0 Å². The van der Waals surface area contributed by atoms with E-state index in [2.05, 4.69) is 10.1 Å². The summed E-state index contributed by atoms with van der Waals surface area (Å²) in [4.78, 5) is 39.9. The summed E-state index contributed by atoms with van der Waals surface area (Å²) in [6.45, 7) is 1.63. The number of nitrogens with zero attached hydrogens (tertiary/aromatic N) is 2. The van der Waals surface area contributed by atoms with Gasteiger partial charge in [-0.15, -0.1) is 13.2 Å². The lowest BCUT2D eigenvalue weighted by atomic mass is 10.0. The number of carbonyl (C=O) groups is 3. The van der Waals surface area contributed by atoms with Gasteiger partial charge in [0.15, 0.2) is 0 Å². The second kappa shape index (κ2) is 11.0. The number of carbonyl (C=O) groups excluding carboxylic acids is 3. The molecule has 1 atom stereocenters. The summed E-state index contributed by atoms with van der Waals surface area (Å²) in [6, 6.07) is 9.33. The molecule has 3 amide bonds. The van der Waals surface area contributed by atoms with E-state index in [4.69, 9.17) is 11.6 Å². The van der Waals surface area contributed by atoms with Crippen LogP contribution in [0.1, 0.15) is 26.2 Å². The normalized spacial score (nSPS) is 15.9. The van der Waals surface area contributed by atoms with Crippen LogP contribution in [0.25, 0.3) is 11.1 Å². The maximum absolute atomic E-state index is 13.0. The molecule has 0 aromatic heterocycles. The molecule has 1 unspecified atom stereocenters. The molecule has 0 radical (unpaired) electrons. The molecule has 11 heteroatoms. The number of likely N-dealkylation sites (tertiary alicyclic amines) is 1. The fraction of sp³-hybridized carbons (Fsp3) is 0.375. The summed E-state index contributed by atoms with van der Waals surface area (Å²) in [7, 11) is 1.51. The van der Waals surface area contributed by atoms with E-state index in [-0.39, 0.29) is 28.9 Å². The lowest BCUT2D eigenvalue weighted by Gasteiger charge is -2.35. The van der Waals surface area contributed by atoms with Crippen LogP contribution in [-0.2, 0) is 14.4 Å². The molecule has 3 rings (SSSR count). The molecule has 0 bridgehead atoms. The first-order valence-electron chi connectivity index (χ1n) is 10.9. The zero-order chi connectivity index (χ0) is 25.8. The Kier molecular flexibility index (Phi) is 8.26. The SMILES string of the molecule is CC(=O)N(C)CC(=O)N1CCCCC1C(=O)Nc1ccc(-c2ccccc2OC(F)(F)F)c(Cl)c1. The van der Waals surface area contributed by atoms with Crippen molar-refractivity contribution < 1.29 is 32.3 Å². The van der Waals surface area contributed by atoms with Crippen molar-refractivity contribution in [2.75, 3.05) is 25.5 Å². The Balaban J connectivity index is 1.77. The molecular weight excluding hydrogens is 487 g/mol. The third-order valence-corrected chi connectivity index (χ3v) is 5.99. The van der Waals surface area contributed by atoms with Gasteiger partial charge in [-0.05, 0) is 37.5 Å². The van der Waals surface area contributed by atoms with Gasteiger partial charge in [-0.25, -0.2) is 0 Å². The van der Waals surface area contributed by atoms with Crippen molar-refractivity contribution in [2.24, 2.45) is 0 Å². The average Bonchev–Trinajstić information content (AvgIpc) is 2.78. The molecule has 0 aliphatic carbocycles. The van der Waals surface area contributed by atoms with Crippen LogP contribution < -0.4 is 10.1 Å². The van der Waals surface area contributed by atoms with Crippen molar-refractivity contribution in [2.45, 2.75) is 38.6 Å². The highest BCUT2D eigenvalue weighted by Gasteiger charge is 2.34. The van der Waals surface area contributed by atoms with E-state index in [0.29, 0.717) is 24.2 Å². The van der Waals surface area contributed by atoms with Crippen LogP contribution in [0.2, 0.25) is 5.02 Å². The molecule has 1 N–H and O–H groups in total. The lowest BCUT2D eigenvalue weighted by molar-refractivity contribution is -0.274. The Morgan fingerprint density at radius 1 is 1.14 bits per heavy atom. The monoisotopic (exact) mass is 511 g/mol. The molecule has 0 saturated carbocycles. The second-order valence-electron chi connectivity index (χ2n) is 8.20. The Morgan fingerprint density at radius 2 is 1.86 bits per heavy atom. The smallest absolute Gasteiger partial charge is 0.405 e. The molecule has 1 aliphatic heterocycles. The molecule has 1 heterocycles. The number of likely N-dealkylation sites (N-methyl/N-ethyl adjacent to an activating group) is 1. The maximum Gasteiger partial charge on any atom is 0.573 e. The Hall–Kier alpha value is -3.27. The average molecular weight is 512 g/mol. The molecule has 1 saturated heterocycles. The first kappa shape index (κ1) is 26.3. The molecule has 2 aromatic rings.